The van der Waals surface area contributed by atoms with Gasteiger partial charge in [0.2, 0.25) is 0 Å². The molecule has 1 fully saturated rings. The monoisotopic (exact) mass is 237 g/mol. The molecule has 1 saturated heterocycles. The number of anilines is 1. The van der Waals surface area contributed by atoms with Gasteiger partial charge in [0.05, 0.1) is 5.69 Å². The number of nitrogens with two attached hydrogens (primary N) is 2. The Morgan fingerprint density at radius 3 is 2.59 bits per heavy atom. The lowest BCUT2D eigenvalue weighted by Gasteiger charge is -2.30. The molecule has 0 bridgehead atoms. The number of halogens is 1. The highest BCUT2D eigenvalue weighted by Gasteiger charge is 2.21. The number of hydrogen-bond acceptors (Lipinski definition) is 3. The summed E-state index contributed by atoms with van der Waals surface area (Å²) in [5.41, 5.74) is 11.7. The average Bonchev–Trinajstić information content (AvgIpc) is 2.33. The van der Waals surface area contributed by atoms with E-state index in [0.717, 1.165) is 12.8 Å². The minimum absolute atomic E-state index is 0.00422. The fraction of sp³-hybridized carbons (Fsp3) is 0.417. The first-order chi connectivity index (χ1) is 8.08. The molecule has 2 rings (SSSR count). The Hall–Kier alpha value is -1.62. The van der Waals surface area contributed by atoms with E-state index >= 15 is 0 Å². The average molecular weight is 237 g/mol. The smallest absolute Gasteiger partial charge is 0.253 e. The van der Waals surface area contributed by atoms with Crippen LogP contribution in [-0.4, -0.2) is 29.9 Å². The van der Waals surface area contributed by atoms with E-state index in [9.17, 15) is 9.18 Å². The fourth-order valence-corrected chi connectivity index (χ4v) is 1.96. The molecule has 0 aliphatic carbocycles. The Bertz CT molecular complexity index is 428. The van der Waals surface area contributed by atoms with E-state index in [0.29, 0.717) is 18.7 Å². The number of nitrogen functional groups attached to an aromatic ring is 1. The van der Waals surface area contributed by atoms with Crippen LogP contribution in [0.25, 0.3) is 0 Å². The van der Waals surface area contributed by atoms with Crippen molar-refractivity contribution in [1.29, 1.82) is 0 Å². The molecule has 0 saturated carbocycles. The van der Waals surface area contributed by atoms with Crippen molar-refractivity contribution in [3.8, 4) is 0 Å². The Morgan fingerprint density at radius 2 is 2.00 bits per heavy atom. The number of carbonyl (C=O) groups is 1. The molecule has 17 heavy (non-hydrogen) atoms. The Morgan fingerprint density at radius 1 is 1.35 bits per heavy atom. The largest absolute Gasteiger partial charge is 0.396 e. The van der Waals surface area contributed by atoms with Crippen LogP contribution in [0.4, 0.5) is 10.1 Å². The second-order valence-electron chi connectivity index (χ2n) is 4.37. The van der Waals surface area contributed by atoms with E-state index < -0.39 is 5.82 Å². The fourth-order valence-electron chi connectivity index (χ4n) is 1.96. The van der Waals surface area contributed by atoms with E-state index in [2.05, 4.69) is 0 Å². The zero-order valence-electron chi connectivity index (χ0n) is 9.53. The van der Waals surface area contributed by atoms with Gasteiger partial charge < -0.3 is 16.4 Å². The minimum atomic E-state index is -0.498. The minimum Gasteiger partial charge on any atom is -0.396 e. The van der Waals surface area contributed by atoms with Crippen LogP contribution in [0.2, 0.25) is 0 Å². The van der Waals surface area contributed by atoms with Crippen LogP contribution in [-0.2, 0) is 0 Å². The third-order valence-corrected chi connectivity index (χ3v) is 3.07. The van der Waals surface area contributed by atoms with Gasteiger partial charge in [0.25, 0.3) is 5.91 Å². The second kappa shape index (κ2) is 4.71. The molecule has 1 aromatic carbocycles. The number of piperidine rings is 1. The van der Waals surface area contributed by atoms with E-state index in [1.807, 2.05) is 0 Å². The predicted molar refractivity (Wildman–Crippen MR) is 63.9 cm³/mol. The van der Waals surface area contributed by atoms with E-state index in [1.54, 1.807) is 4.90 Å². The summed E-state index contributed by atoms with van der Waals surface area (Å²) in [7, 11) is 0. The molecule has 0 unspecified atom stereocenters. The molecule has 4 N–H and O–H groups in total. The lowest BCUT2D eigenvalue weighted by Crippen LogP contribution is -2.42. The zero-order valence-corrected chi connectivity index (χ0v) is 9.53. The third kappa shape index (κ3) is 2.55. The number of likely N-dealkylation sites (tertiary alicyclic amines) is 1. The van der Waals surface area contributed by atoms with Crippen LogP contribution in [0.5, 0.6) is 0 Å². The Labute approximate surface area is 99.4 Å². The van der Waals surface area contributed by atoms with Crippen molar-refractivity contribution in [2.24, 2.45) is 5.73 Å². The van der Waals surface area contributed by atoms with E-state index in [-0.39, 0.29) is 17.6 Å². The Kier molecular flexibility index (Phi) is 3.28. The van der Waals surface area contributed by atoms with Gasteiger partial charge in [0.1, 0.15) is 5.82 Å². The molecular formula is C12H16FN3O. The van der Waals surface area contributed by atoms with Crippen LogP contribution in [0.15, 0.2) is 18.2 Å². The molecule has 0 atom stereocenters. The van der Waals surface area contributed by atoms with Crippen molar-refractivity contribution in [1.82, 2.24) is 4.90 Å². The van der Waals surface area contributed by atoms with Crippen molar-refractivity contribution in [3.05, 3.63) is 29.6 Å². The number of carbonyl (C=O) groups excluding carboxylic acids is 1. The van der Waals surface area contributed by atoms with E-state index in [4.69, 9.17) is 11.5 Å². The summed E-state index contributed by atoms with van der Waals surface area (Å²) in [6.07, 6.45) is 1.62. The van der Waals surface area contributed by atoms with Crippen molar-refractivity contribution in [2.45, 2.75) is 18.9 Å². The number of nitrogens with zero attached hydrogens (tertiary/aromatic N) is 1. The van der Waals surface area contributed by atoms with Gasteiger partial charge in [-0.2, -0.15) is 0 Å². The first-order valence-electron chi connectivity index (χ1n) is 5.68. The summed E-state index contributed by atoms with van der Waals surface area (Å²) >= 11 is 0. The van der Waals surface area contributed by atoms with Crippen molar-refractivity contribution in [2.75, 3.05) is 18.8 Å². The maximum Gasteiger partial charge on any atom is 0.253 e. The molecule has 0 aromatic heterocycles. The van der Waals surface area contributed by atoms with Crippen molar-refractivity contribution in [3.63, 3.8) is 0 Å². The number of amides is 1. The van der Waals surface area contributed by atoms with Gasteiger partial charge in [0.15, 0.2) is 0 Å². The molecule has 1 aromatic rings. The first kappa shape index (κ1) is 11.9. The molecule has 5 heteroatoms. The standard InChI is InChI=1S/C12H16FN3O/c13-10-2-1-8(7-11(10)15)12(17)16-5-3-9(14)4-6-16/h1-2,7,9H,3-6,14-15H2. The molecule has 0 spiro atoms. The topological polar surface area (TPSA) is 72.4 Å². The third-order valence-electron chi connectivity index (χ3n) is 3.07. The second-order valence-corrected chi connectivity index (χ2v) is 4.37. The predicted octanol–water partition coefficient (Wildman–Crippen LogP) is 0.971. The lowest BCUT2D eigenvalue weighted by molar-refractivity contribution is 0.0715. The van der Waals surface area contributed by atoms with Gasteiger partial charge in [-0.1, -0.05) is 0 Å². The maximum absolute atomic E-state index is 13.0. The molecule has 1 heterocycles. The zero-order chi connectivity index (χ0) is 12.4. The van der Waals surface area contributed by atoms with Crippen LogP contribution >= 0.6 is 0 Å². The summed E-state index contributed by atoms with van der Waals surface area (Å²) in [4.78, 5) is 13.8. The highest BCUT2D eigenvalue weighted by atomic mass is 19.1. The summed E-state index contributed by atoms with van der Waals surface area (Å²) in [5, 5.41) is 0. The summed E-state index contributed by atoms with van der Waals surface area (Å²) < 4.78 is 13.0. The maximum atomic E-state index is 13.0. The highest BCUT2D eigenvalue weighted by molar-refractivity contribution is 5.95. The number of rotatable bonds is 1. The molecule has 1 aliphatic heterocycles. The van der Waals surface area contributed by atoms with Crippen molar-refractivity contribution < 1.29 is 9.18 Å². The summed E-state index contributed by atoms with van der Waals surface area (Å²) in [5.74, 6) is -0.606. The van der Waals surface area contributed by atoms with Gasteiger partial charge >= 0.3 is 0 Å². The van der Waals surface area contributed by atoms with Crippen LogP contribution in [0.3, 0.4) is 0 Å². The number of hydrogen-bond donors (Lipinski definition) is 2. The highest BCUT2D eigenvalue weighted by Crippen LogP contribution is 2.16. The van der Waals surface area contributed by atoms with Crippen LogP contribution < -0.4 is 11.5 Å². The molecule has 1 amide bonds. The molecule has 4 nitrogen and oxygen atoms in total. The normalized spacial score (nSPS) is 17.2. The molecule has 92 valence electrons. The van der Waals surface area contributed by atoms with Crippen LogP contribution in [0, 0.1) is 5.82 Å². The van der Waals surface area contributed by atoms with Gasteiger partial charge in [-0.25, -0.2) is 4.39 Å². The first-order valence-corrected chi connectivity index (χ1v) is 5.68. The molecular weight excluding hydrogens is 221 g/mol. The van der Waals surface area contributed by atoms with Gasteiger partial charge in [0, 0.05) is 24.7 Å². The van der Waals surface area contributed by atoms with Gasteiger partial charge in [-0.3, -0.25) is 4.79 Å². The lowest BCUT2D eigenvalue weighted by atomic mass is 10.0. The van der Waals surface area contributed by atoms with Gasteiger partial charge in [-0.05, 0) is 31.0 Å². The number of benzene rings is 1. The van der Waals surface area contributed by atoms with Crippen LogP contribution in [0.1, 0.15) is 23.2 Å². The summed E-state index contributed by atoms with van der Waals surface area (Å²) in [6.45, 7) is 1.30. The Balaban J connectivity index is 2.11. The van der Waals surface area contributed by atoms with Gasteiger partial charge in [-0.15, -0.1) is 0 Å². The van der Waals surface area contributed by atoms with E-state index in [1.165, 1.54) is 18.2 Å². The SMILES string of the molecule is Nc1cc(C(=O)N2CCC(N)CC2)ccc1F. The molecule has 1 aliphatic rings. The molecule has 0 radical (unpaired) electrons. The summed E-state index contributed by atoms with van der Waals surface area (Å²) in [6, 6.07) is 4.24. The van der Waals surface area contributed by atoms with Crippen molar-refractivity contribution >= 4 is 11.6 Å². The quantitative estimate of drug-likeness (QED) is 0.715.